The lowest BCUT2D eigenvalue weighted by Gasteiger charge is -2.15. The van der Waals surface area contributed by atoms with Gasteiger partial charge in [0.15, 0.2) is 12.5 Å². The van der Waals surface area contributed by atoms with Gasteiger partial charge in [-0.15, -0.1) is 0 Å². The van der Waals surface area contributed by atoms with Crippen LogP contribution in [0.2, 0.25) is 0 Å². The Morgan fingerprint density at radius 2 is 2.00 bits per heavy atom. The predicted octanol–water partition coefficient (Wildman–Crippen LogP) is -1.22. The zero-order valence-electron chi connectivity index (χ0n) is 6.01. The summed E-state index contributed by atoms with van der Waals surface area (Å²) in [4.78, 5) is 0. The molecule has 1 heterocycles. The van der Waals surface area contributed by atoms with Gasteiger partial charge < -0.3 is 20.1 Å². The summed E-state index contributed by atoms with van der Waals surface area (Å²) in [5.74, 6) is 0. The molecule has 0 bridgehead atoms. The van der Waals surface area contributed by atoms with Crippen LogP contribution in [0.15, 0.2) is 0 Å². The molecule has 1 saturated heterocycles. The van der Waals surface area contributed by atoms with Crippen LogP contribution < -0.4 is 0 Å². The van der Waals surface area contributed by atoms with E-state index < -0.39 is 30.8 Å². The van der Waals surface area contributed by atoms with Crippen LogP contribution in [0.1, 0.15) is 6.92 Å². The molecule has 0 spiro atoms. The van der Waals surface area contributed by atoms with Crippen LogP contribution in [0.5, 0.6) is 0 Å². The zero-order chi connectivity index (χ0) is 8.59. The Bertz CT molecular complexity index is 141. The number of rotatable bonds is 1. The van der Waals surface area contributed by atoms with E-state index >= 15 is 0 Å². The molecular formula is C6H11FO4. The highest BCUT2D eigenvalue weighted by Gasteiger charge is 2.45. The molecule has 11 heavy (non-hydrogen) atoms. The summed E-state index contributed by atoms with van der Waals surface area (Å²) in [7, 11) is 0. The largest absolute Gasteiger partial charge is 0.391 e. The number of alkyl halides is 1. The van der Waals surface area contributed by atoms with Crippen molar-refractivity contribution in [3.63, 3.8) is 0 Å². The molecule has 5 heteroatoms. The average molecular weight is 166 g/mol. The van der Waals surface area contributed by atoms with Crippen LogP contribution in [0.3, 0.4) is 0 Å². The fourth-order valence-electron chi connectivity index (χ4n) is 1.07. The topological polar surface area (TPSA) is 69.9 Å². The number of aliphatic hydroxyl groups is 3. The molecular weight excluding hydrogens is 155 g/mol. The second kappa shape index (κ2) is 3.02. The van der Waals surface area contributed by atoms with E-state index in [9.17, 15) is 4.39 Å². The van der Waals surface area contributed by atoms with Gasteiger partial charge in [0.1, 0.15) is 12.2 Å². The number of hydrogen-bond acceptors (Lipinski definition) is 4. The van der Waals surface area contributed by atoms with Gasteiger partial charge in [0.2, 0.25) is 0 Å². The first-order valence-corrected chi connectivity index (χ1v) is 3.37. The summed E-state index contributed by atoms with van der Waals surface area (Å²) in [5, 5.41) is 26.6. The minimum absolute atomic E-state index is 0.986. The molecule has 0 amide bonds. The first kappa shape index (κ1) is 8.86. The van der Waals surface area contributed by atoms with Gasteiger partial charge in [0.05, 0.1) is 6.10 Å². The van der Waals surface area contributed by atoms with Gasteiger partial charge >= 0.3 is 0 Å². The number of ether oxygens (including phenoxy) is 1. The van der Waals surface area contributed by atoms with Crippen molar-refractivity contribution in [3.8, 4) is 0 Å². The van der Waals surface area contributed by atoms with E-state index in [0.717, 1.165) is 0 Å². The SMILES string of the molecule is C[C@H](O)[C@H]1O[C@H](O)[C@@H](F)[C@@H]1O. The van der Waals surface area contributed by atoms with E-state index in [2.05, 4.69) is 4.74 Å². The Kier molecular flexibility index (Phi) is 2.43. The summed E-state index contributed by atoms with van der Waals surface area (Å²) in [5.41, 5.74) is 0. The normalized spacial score (nSPS) is 47.7. The van der Waals surface area contributed by atoms with Gasteiger partial charge in [-0.25, -0.2) is 4.39 Å². The summed E-state index contributed by atoms with van der Waals surface area (Å²) in [6.45, 7) is 1.36. The molecule has 0 aromatic heterocycles. The standard InChI is InChI=1S/C6H11FO4/c1-2(8)5-4(9)3(7)6(10)11-5/h2-6,8-10H,1H3/t2-,3-,4-,5+,6-/m0/s1. The van der Waals surface area contributed by atoms with Crippen LogP contribution in [-0.2, 0) is 4.74 Å². The van der Waals surface area contributed by atoms with E-state index in [1.807, 2.05) is 0 Å². The van der Waals surface area contributed by atoms with Crippen molar-refractivity contribution in [2.24, 2.45) is 0 Å². The molecule has 0 aliphatic carbocycles. The lowest BCUT2D eigenvalue weighted by molar-refractivity contribution is -0.135. The summed E-state index contributed by atoms with van der Waals surface area (Å²) in [6.07, 6.45) is -6.90. The Morgan fingerprint density at radius 3 is 2.18 bits per heavy atom. The fraction of sp³-hybridized carbons (Fsp3) is 1.00. The monoisotopic (exact) mass is 166 g/mol. The van der Waals surface area contributed by atoms with Crippen LogP contribution >= 0.6 is 0 Å². The highest BCUT2D eigenvalue weighted by Crippen LogP contribution is 2.24. The molecule has 66 valence electrons. The predicted molar refractivity (Wildman–Crippen MR) is 33.5 cm³/mol. The zero-order valence-corrected chi connectivity index (χ0v) is 6.01. The maximum Gasteiger partial charge on any atom is 0.189 e. The van der Waals surface area contributed by atoms with Gasteiger partial charge in [-0.05, 0) is 6.92 Å². The van der Waals surface area contributed by atoms with Crippen molar-refractivity contribution in [2.75, 3.05) is 0 Å². The lowest BCUT2D eigenvalue weighted by Crippen LogP contribution is -2.35. The number of halogens is 1. The third-order valence-electron chi connectivity index (χ3n) is 1.71. The van der Waals surface area contributed by atoms with E-state index in [4.69, 9.17) is 15.3 Å². The molecule has 0 radical (unpaired) electrons. The summed E-state index contributed by atoms with van der Waals surface area (Å²) >= 11 is 0. The van der Waals surface area contributed by atoms with Crippen molar-refractivity contribution in [1.29, 1.82) is 0 Å². The fourth-order valence-corrected chi connectivity index (χ4v) is 1.07. The van der Waals surface area contributed by atoms with E-state index in [-0.39, 0.29) is 0 Å². The lowest BCUT2D eigenvalue weighted by atomic mass is 10.1. The Balaban J connectivity index is 2.59. The quantitative estimate of drug-likeness (QED) is 0.457. The number of hydrogen-bond donors (Lipinski definition) is 3. The molecule has 4 nitrogen and oxygen atoms in total. The van der Waals surface area contributed by atoms with Gasteiger partial charge in [0, 0.05) is 0 Å². The third kappa shape index (κ3) is 1.51. The molecule has 1 aliphatic rings. The molecule has 5 atom stereocenters. The van der Waals surface area contributed by atoms with Gasteiger partial charge in [-0.1, -0.05) is 0 Å². The Morgan fingerprint density at radius 1 is 1.45 bits per heavy atom. The highest BCUT2D eigenvalue weighted by atomic mass is 19.1. The number of aliphatic hydroxyl groups excluding tert-OH is 3. The summed E-state index contributed by atoms with van der Waals surface area (Å²) in [6, 6.07) is 0. The second-order valence-electron chi connectivity index (χ2n) is 2.67. The smallest absolute Gasteiger partial charge is 0.189 e. The van der Waals surface area contributed by atoms with Crippen molar-refractivity contribution in [1.82, 2.24) is 0 Å². The van der Waals surface area contributed by atoms with Gasteiger partial charge in [-0.3, -0.25) is 0 Å². The molecule has 1 rings (SSSR count). The highest BCUT2D eigenvalue weighted by molar-refractivity contribution is 4.88. The second-order valence-corrected chi connectivity index (χ2v) is 2.67. The van der Waals surface area contributed by atoms with Crippen LogP contribution in [0.25, 0.3) is 0 Å². The van der Waals surface area contributed by atoms with Crippen molar-refractivity contribution in [3.05, 3.63) is 0 Å². The molecule has 0 saturated carbocycles. The average Bonchev–Trinajstić information content (AvgIpc) is 2.17. The van der Waals surface area contributed by atoms with Crippen molar-refractivity contribution in [2.45, 2.75) is 37.7 Å². The first-order chi connectivity index (χ1) is 5.04. The molecule has 0 aromatic rings. The molecule has 0 unspecified atom stereocenters. The van der Waals surface area contributed by atoms with Crippen LogP contribution in [-0.4, -0.2) is 46.1 Å². The van der Waals surface area contributed by atoms with E-state index in [1.54, 1.807) is 0 Å². The van der Waals surface area contributed by atoms with Gasteiger partial charge in [0.25, 0.3) is 0 Å². The van der Waals surface area contributed by atoms with Crippen molar-refractivity contribution < 1.29 is 24.4 Å². The molecule has 1 fully saturated rings. The van der Waals surface area contributed by atoms with E-state index in [0.29, 0.717) is 0 Å². The summed E-state index contributed by atoms with van der Waals surface area (Å²) < 4.78 is 17.1. The van der Waals surface area contributed by atoms with Gasteiger partial charge in [-0.2, -0.15) is 0 Å². The molecule has 3 N–H and O–H groups in total. The van der Waals surface area contributed by atoms with Crippen LogP contribution in [0.4, 0.5) is 4.39 Å². The maximum atomic E-state index is 12.6. The van der Waals surface area contributed by atoms with Crippen LogP contribution in [0, 0.1) is 0 Å². The molecule has 0 aromatic carbocycles. The Hall–Kier alpha value is -0.230. The minimum Gasteiger partial charge on any atom is -0.391 e. The maximum absolute atomic E-state index is 12.6. The van der Waals surface area contributed by atoms with E-state index in [1.165, 1.54) is 6.92 Å². The molecule has 1 aliphatic heterocycles. The Labute approximate surface area is 63.2 Å². The first-order valence-electron chi connectivity index (χ1n) is 3.37. The minimum atomic E-state index is -1.82. The van der Waals surface area contributed by atoms with Crippen molar-refractivity contribution >= 4 is 0 Å². The third-order valence-corrected chi connectivity index (χ3v) is 1.71.